The first-order valence-corrected chi connectivity index (χ1v) is 4.85. The van der Waals surface area contributed by atoms with Gasteiger partial charge in [0.2, 0.25) is 0 Å². The second-order valence-corrected chi connectivity index (χ2v) is 3.54. The number of rotatable bonds is 2. The van der Waals surface area contributed by atoms with E-state index in [0.29, 0.717) is 0 Å². The van der Waals surface area contributed by atoms with Crippen LogP contribution in [-0.2, 0) is 16.0 Å². The van der Waals surface area contributed by atoms with Crippen LogP contribution in [0.5, 0.6) is 0 Å². The number of ether oxygens (including phenoxy) is 1. The summed E-state index contributed by atoms with van der Waals surface area (Å²) in [6, 6.07) is 1.33. The Bertz CT molecular complexity index is 439. The van der Waals surface area contributed by atoms with Gasteiger partial charge in [-0.25, -0.2) is 4.98 Å². The molecular weight excluding hydrogens is 196 g/mol. The highest BCUT2D eigenvalue weighted by atomic mass is 16.5. The smallest absolute Gasteiger partial charge is 0.307 e. The molecule has 0 saturated heterocycles. The van der Waals surface area contributed by atoms with Crippen LogP contribution in [0, 0.1) is 0 Å². The van der Waals surface area contributed by atoms with E-state index in [1.54, 1.807) is 4.57 Å². The van der Waals surface area contributed by atoms with E-state index in [9.17, 15) is 9.59 Å². The van der Waals surface area contributed by atoms with Crippen LogP contribution in [0.2, 0.25) is 0 Å². The van der Waals surface area contributed by atoms with Gasteiger partial charge in [-0.3, -0.25) is 14.2 Å². The van der Waals surface area contributed by atoms with Crippen molar-refractivity contribution in [3.8, 4) is 0 Å². The predicted octanol–water partition coefficient (Wildman–Crippen LogP) is 0.294. The lowest BCUT2D eigenvalue weighted by Crippen LogP contribution is -2.24. The van der Waals surface area contributed by atoms with Crippen LogP contribution in [0.1, 0.15) is 24.7 Å². The molecule has 2 rings (SSSR count). The SMILES string of the molecule is COC(=O)C[C@@H]1CCc2nccc(=O)n21. The van der Waals surface area contributed by atoms with Gasteiger partial charge in [-0.1, -0.05) is 0 Å². The van der Waals surface area contributed by atoms with Gasteiger partial charge in [0, 0.05) is 24.7 Å². The Hall–Kier alpha value is -1.65. The Morgan fingerprint density at radius 1 is 1.73 bits per heavy atom. The maximum absolute atomic E-state index is 11.6. The van der Waals surface area contributed by atoms with Gasteiger partial charge in [0.05, 0.1) is 13.5 Å². The van der Waals surface area contributed by atoms with E-state index in [2.05, 4.69) is 9.72 Å². The molecule has 0 spiro atoms. The number of aromatic nitrogens is 2. The Morgan fingerprint density at radius 3 is 3.27 bits per heavy atom. The monoisotopic (exact) mass is 208 g/mol. The van der Waals surface area contributed by atoms with Gasteiger partial charge in [0.25, 0.3) is 5.56 Å². The molecule has 1 atom stereocenters. The fraction of sp³-hybridized carbons (Fsp3) is 0.500. The van der Waals surface area contributed by atoms with Crippen molar-refractivity contribution in [2.75, 3.05) is 7.11 Å². The minimum Gasteiger partial charge on any atom is -0.469 e. The van der Waals surface area contributed by atoms with Gasteiger partial charge < -0.3 is 4.74 Å². The molecular formula is C10H12N2O3. The summed E-state index contributed by atoms with van der Waals surface area (Å²) in [5.41, 5.74) is -0.0913. The van der Waals surface area contributed by atoms with E-state index < -0.39 is 0 Å². The maximum Gasteiger partial charge on any atom is 0.307 e. The van der Waals surface area contributed by atoms with Crippen molar-refractivity contribution in [3.05, 3.63) is 28.4 Å². The minimum absolute atomic E-state index is 0.0892. The summed E-state index contributed by atoms with van der Waals surface area (Å²) in [7, 11) is 1.35. The zero-order valence-corrected chi connectivity index (χ0v) is 8.47. The number of hydrogen-bond donors (Lipinski definition) is 0. The van der Waals surface area contributed by atoms with Crippen LogP contribution in [0.25, 0.3) is 0 Å². The van der Waals surface area contributed by atoms with Gasteiger partial charge >= 0.3 is 5.97 Å². The first-order chi connectivity index (χ1) is 7.22. The third-order valence-corrected chi connectivity index (χ3v) is 2.65. The summed E-state index contributed by atoms with van der Waals surface area (Å²) < 4.78 is 6.19. The molecule has 5 nitrogen and oxygen atoms in total. The Kier molecular flexibility index (Phi) is 2.53. The fourth-order valence-corrected chi connectivity index (χ4v) is 1.93. The first-order valence-electron chi connectivity index (χ1n) is 4.85. The number of carbonyl (C=O) groups excluding carboxylic acids is 1. The number of hydrogen-bond acceptors (Lipinski definition) is 4. The number of carbonyl (C=O) groups is 1. The molecule has 0 radical (unpaired) electrons. The molecule has 0 saturated carbocycles. The molecule has 1 aliphatic rings. The number of aryl methyl sites for hydroxylation is 1. The van der Waals surface area contributed by atoms with Crippen molar-refractivity contribution < 1.29 is 9.53 Å². The highest BCUT2D eigenvalue weighted by molar-refractivity contribution is 5.69. The maximum atomic E-state index is 11.6. The lowest BCUT2D eigenvalue weighted by molar-refractivity contribution is -0.141. The molecule has 1 aromatic rings. The van der Waals surface area contributed by atoms with Gasteiger partial charge in [0.15, 0.2) is 0 Å². The van der Waals surface area contributed by atoms with Crippen LogP contribution in [0.15, 0.2) is 17.1 Å². The van der Waals surface area contributed by atoms with Crippen molar-refractivity contribution in [2.45, 2.75) is 25.3 Å². The number of esters is 1. The van der Waals surface area contributed by atoms with E-state index in [-0.39, 0.29) is 24.0 Å². The van der Waals surface area contributed by atoms with Crippen LogP contribution >= 0.6 is 0 Å². The van der Waals surface area contributed by atoms with Crippen LogP contribution in [0.3, 0.4) is 0 Å². The van der Waals surface area contributed by atoms with E-state index in [0.717, 1.165) is 18.7 Å². The summed E-state index contributed by atoms with van der Waals surface area (Å²) in [6.45, 7) is 0. The molecule has 5 heteroatoms. The van der Waals surface area contributed by atoms with Gasteiger partial charge in [-0.2, -0.15) is 0 Å². The van der Waals surface area contributed by atoms with Crippen molar-refractivity contribution in [3.63, 3.8) is 0 Å². The average molecular weight is 208 g/mol. The van der Waals surface area contributed by atoms with Crippen molar-refractivity contribution >= 4 is 5.97 Å². The summed E-state index contributed by atoms with van der Waals surface area (Å²) in [5.74, 6) is 0.472. The Labute approximate surface area is 86.7 Å². The molecule has 0 fully saturated rings. The molecule has 0 N–H and O–H groups in total. The average Bonchev–Trinajstić information content (AvgIpc) is 2.63. The van der Waals surface area contributed by atoms with Crippen molar-refractivity contribution in [2.24, 2.45) is 0 Å². The number of methoxy groups -OCH3 is 1. The molecule has 15 heavy (non-hydrogen) atoms. The lowest BCUT2D eigenvalue weighted by Gasteiger charge is -2.11. The van der Waals surface area contributed by atoms with E-state index in [4.69, 9.17) is 0 Å². The standard InChI is InChI=1S/C10H12N2O3/c1-15-10(14)6-7-2-3-8-11-5-4-9(13)12(7)8/h4-5,7H,2-3,6H2,1H3/t7-/m0/s1. The van der Waals surface area contributed by atoms with Crippen molar-refractivity contribution in [1.29, 1.82) is 0 Å². The highest BCUT2D eigenvalue weighted by Crippen LogP contribution is 2.24. The molecule has 0 aromatic carbocycles. The Balaban J connectivity index is 2.28. The van der Waals surface area contributed by atoms with Crippen LogP contribution in [0.4, 0.5) is 0 Å². The summed E-state index contributed by atoms with van der Waals surface area (Å²) in [5, 5.41) is 0. The van der Waals surface area contributed by atoms with E-state index in [1.165, 1.54) is 19.4 Å². The van der Waals surface area contributed by atoms with Gasteiger partial charge in [-0.05, 0) is 6.42 Å². The third-order valence-electron chi connectivity index (χ3n) is 2.65. The second-order valence-electron chi connectivity index (χ2n) is 3.54. The van der Waals surface area contributed by atoms with Gasteiger partial charge in [-0.15, -0.1) is 0 Å². The quantitative estimate of drug-likeness (QED) is 0.655. The van der Waals surface area contributed by atoms with Crippen LogP contribution < -0.4 is 5.56 Å². The van der Waals surface area contributed by atoms with Crippen LogP contribution in [-0.4, -0.2) is 22.6 Å². The molecule has 0 aliphatic carbocycles. The van der Waals surface area contributed by atoms with Gasteiger partial charge in [0.1, 0.15) is 5.82 Å². The normalized spacial score (nSPS) is 18.6. The molecule has 0 bridgehead atoms. The zero-order chi connectivity index (χ0) is 10.8. The van der Waals surface area contributed by atoms with E-state index >= 15 is 0 Å². The summed E-state index contributed by atoms with van der Waals surface area (Å²) >= 11 is 0. The number of fused-ring (bicyclic) bond motifs is 1. The fourth-order valence-electron chi connectivity index (χ4n) is 1.93. The van der Waals surface area contributed by atoms with Crippen molar-refractivity contribution in [1.82, 2.24) is 9.55 Å². The molecule has 1 aliphatic heterocycles. The second kappa shape index (κ2) is 3.84. The largest absolute Gasteiger partial charge is 0.469 e. The molecule has 2 heterocycles. The topological polar surface area (TPSA) is 61.2 Å². The third kappa shape index (κ3) is 1.77. The molecule has 1 aromatic heterocycles. The summed E-state index contributed by atoms with van der Waals surface area (Å²) in [4.78, 5) is 26.8. The predicted molar refractivity (Wildman–Crippen MR) is 52.5 cm³/mol. The zero-order valence-electron chi connectivity index (χ0n) is 8.47. The first kappa shape index (κ1) is 9.89. The van der Waals surface area contributed by atoms with E-state index in [1.807, 2.05) is 0 Å². The molecule has 0 unspecified atom stereocenters. The highest BCUT2D eigenvalue weighted by Gasteiger charge is 2.25. The molecule has 80 valence electrons. The number of nitrogens with zero attached hydrogens (tertiary/aromatic N) is 2. The lowest BCUT2D eigenvalue weighted by atomic mass is 10.1. The Morgan fingerprint density at radius 2 is 2.53 bits per heavy atom. The minimum atomic E-state index is -0.288. The molecule has 0 amide bonds. The summed E-state index contributed by atoms with van der Waals surface area (Å²) in [6.07, 6.45) is 3.28.